The molecule has 144 valence electrons. The molecule has 0 unspecified atom stereocenters. The molecule has 0 saturated carbocycles. The number of benzene rings is 2. The highest BCUT2D eigenvalue weighted by atomic mass is 35.5. The molecule has 0 atom stereocenters. The fraction of sp³-hybridized carbons (Fsp3) is 0.250. The molecule has 0 spiro atoms. The first-order chi connectivity index (χ1) is 13.1. The number of halogens is 1. The van der Waals surface area contributed by atoms with E-state index >= 15 is 0 Å². The van der Waals surface area contributed by atoms with E-state index in [1.165, 1.54) is 27.4 Å². The van der Waals surface area contributed by atoms with Crippen molar-refractivity contribution in [1.29, 1.82) is 0 Å². The van der Waals surface area contributed by atoms with Gasteiger partial charge in [0.1, 0.15) is 19.0 Å². The minimum absolute atomic E-state index is 0.101. The van der Waals surface area contributed by atoms with Gasteiger partial charge in [-0.15, -0.1) is 0 Å². The summed E-state index contributed by atoms with van der Waals surface area (Å²) in [7, 11) is 4.58. The van der Waals surface area contributed by atoms with Gasteiger partial charge >= 0.3 is 5.97 Å². The van der Waals surface area contributed by atoms with E-state index in [0.717, 1.165) is 0 Å². The van der Waals surface area contributed by atoms with Gasteiger partial charge in [-0.05, 0) is 35.9 Å². The summed E-state index contributed by atoms with van der Waals surface area (Å²) < 4.78 is 26.4. The third-order valence-electron chi connectivity index (χ3n) is 3.52. The van der Waals surface area contributed by atoms with Gasteiger partial charge in [-0.2, -0.15) is 0 Å². The Hall–Kier alpha value is -2.86. The number of esters is 1. The quantitative estimate of drug-likeness (QED) is 0.365. The summed E-state index contributed by atoms with van der Waals surface area (Å²) in [5, 5.41) is 0.506. The molecule has 27 heavy (non-hydrogen) atoms. The highest BCUT2D eigenvalue weighted by Crippen LogP contribution is 2.38. The van der Waals surface area contributed by atoms with E-state index < -0.39 is 5.97 Å². The van der Waals surface area contributed by atoms with Gasteiger partial charge in [-0.1, -0.05) is 23.7 Å². The highest BCUT2D eigenvalue weighted by molar-refractivity contribution is 6.32. The number of carbonyl (C=O) groups excluding carboxylic acids is 1. The van der Waals surface area contributed by atoms with E-state index in [-0.39, 0.29) is 13.2 Å². The second-order valence-corrected chi connectivity index (χ2v) is 5.65. The molecule has 0 radical (unpaired) electrons. The number of ether oxygens (including phenoxy) is 5. The standard InChI is InChI=1S/C20H21ClO6/c1-23-17-12-14(13-18(24-2)20(17)25-3)8-9-19(22)27-11-10-26-16-7-5-4-6-15(16)21/h4-9,12-13H,10-11H2,1-3H3/b9-8+. The van der Waals surface area contributed by atoms with Crippen molar-refractivity contribution in [3.05, 3.63) is 53.1 Å². The lowest BCUT2D eigenvalue weighted by Gasteiger charge is -2.12. The van der Waals surface area contributed by atoms with Crippen molar-refractivity contribution < 1.29 is 28.5 Å². The van der Waals surface area contributed by atoms with Crippen LogP contribution in [0.15, 0.2) is 42.5 Å². The predicted octanol–water partition coefficient (Wildman–Crippen LogP) is 4.00. The lowest BCUT2D eigenvalue weighted by molar-refractivity contribution is -0.138. The third kappa shape index (κ3) is 5.82. The molecule has 0 fully saturated rings. The van der Waals surface area contributed by atoms with Crippen LogP contribution in [0.1, 0.15) is 5.56 Å². The normalized spacial score (nSPS) is 10.5. The van der Waals surface area contributed by atoms with Gasteiger partial charge < -0.3 is 23.7 Å². The number of hydrogen-bond acceptors (Lipinski definition) is 6. The van der Waals surface area contributed by atoms with Crippen LogP contribution in [-0.4, -0.2) is 40.5 Å². The highest BCUT2D eigenvalue weighted by Gasteiger charge is 2.12. The van der Waals surface area contributed by atoms with Gasteiger partial charge in [0.25, 0.3) is 0 Å². The van der Waals surface area contributed by atoms with E-state index in [1.54, 1.807) is 30.3 Å². The summed E-state index contributed by atoms with van der Waals surface area (Å²) in [6, 6.07) is 10.5. The largest absolute Gasteiger partial charge is 0.493 e. The Morgan fingerprint density at radius 3 is 2.22 bits per heavy atom. The molecule has 2 aromatic rings. The minimum Gasteiger partial charge on any atom is -0.493 e. The maximum absolute atomic E-state index is 11.8. The lowest BCUT2D eigenvalue weighted by Crippen LogP contribution is -2.10. The van der Waals surface area contributed by atoms with E-state index in [4.69, 9.17) is 35.3 Å². The minimum atomic E-state index is -0.494. The zero-order valence-electron chi connectivity index (χ0n) is 15.4. The molecular formula is C20H21ClO6. The van der Waals surface area contributed by atoms with Gasteiger partial charge in [0.15, 0.2) is 11.5 Å². The van der Waals surface area contributed by atoms with Crippen molar-refractivity contribution in [2.24, 2.45) is 0 Å². The SMILES string of the molecule is COc1cc(/C=C/C(=O)OCCOc2ccccc2Cl)cc(OC)c1OC. The van der Waals surface area contributed by atoms with Crippen molar-refractivity contribution in [2.75, 3.05) is 34.5 Å². The summed E-state index contributed by atoms with van der Waals surface area (Å²) >= 11 is 5.98. The Morgan fingerprint density at radius 1 is 0.963 bits per heavy atom. The van der Waals surface area contributed by atoms with E-state index in [1.807, 2.05) is 12.1 Å². The first-order valence-electron chi connectivity index (χ1n) is 8.11. The van der Waals surface area contributed by atoms with Crippen molar-refractivity contribution >= 4 is 23.6 Å². The number of rotatable bonds is 9. The summed E-state index contributed by atoms with van der Waals surface area (Å²) in [5.41, 5.74) is 0.703. The van der Waals surface area contributed by atoms with Gasteiger partial charge in [-0.3, -0.25) is 0 Å². The first-order valence-corrected chi connectivity index (χ1v) is 8.49. The van der Waals surface area contributed by atoms with Gasteiger partial charge in [-0.25, -0.2) is 4.79 Å². The number of methoxy groups -OCH3 is 3. The smallest absolute Gasteiger partial charge is 0.330 e. The molecule has 0 aliphatic carbocycles. The van der Waals surface area contributed by atoms with Gasteiger partial charge in [0.05, 0.1) is 26.4 Å². The maximum atomic E-state index is 11.8. The Balaban J connectivity index is 1.90. The second kappa shape index (κ2) is 10.3. The van der Waals surface area contributed by atoms with Crippen LogP contribution in [0.5, 0.6) is 23.0 Å². The molecular weight excluding hydrogens is 372 g/mol. The van der Waals surface area contributed by atoms with Crippen molar-refractivity contribution in [1.82, 2.24) is 0 Å². The molecule has 6 nitrogen and oxygen atoms in total. The zero-order chi connectivity index (χ0) is 19.6. The molecule has 2 aromatic carbocycles. The van der Waals surface area contributed by atoms with Crippen LogP contribution in [-0.2, 0) is 9.53 Å². The zero-order valence-corrected chi connectivity index (χ0v) is 16.1. The molecule has 0 saturated heterocycles. The Morgan fingerprint density at radius 2 is 1.63 bits per heavy atom. The summed E-state index contributed by atoms with van der Waals surface area (Å²) in [6.07, 6.45) is 2.91. The average Bonchev–Trinajstić information content (AvgIpc) is 2.69. The predicted molar refractivity (Wildman–Crippen MR) is 103 cm³/mol. The van der Waals surface area contributed by atoms with Gasteiger partial charge in [0.2, 0.25) is 5.75 Å². The average molecular weight is 393 g/mol. The van der Waals surface area contributed by atoms with Crippen LogP contribution in [0, 0.1) is 0 Å². The summed E-state index contributed by atoms with van der Waals surface area (Å²) in [6.45, 7) is 0.303. The van der Waals surface area contributed by atoms with Crippen molar-refractivity contribution in [3.63, 3.8) is 0 Å². The maximum Gasteiger partial charge on any atom is 0.330 e. The molecule has 0 aliphatic rings. The van der Waals surface area contributed by atoms with Crippen LogP contribution in [0.4, 0.5) is 0 Å². The van der Waals surface area contributed by atoms with Gasteiger partial charge in [0, 0.05) is 6.08 Å². The van der Waals surface area contributed by atoms with Crippen LogP contribution in [0.25, 0.3) is 6.08 Å². The topological polar surface area (TPSA) is 63.2 Å². The number of carbonyl (C=O) groups is 1. The number of hydrogen-bond donors (Lipinski definition) is 0. The summed E-state index contributed by atoms with van der Waals surface area (Å²) in [5.74, 6) is 1.53. The molecule has 2 rings (SSSR count). The molecule has 0 amide bonds. The molecule has 0 aromatic heterocycles. The van der Waals surface area contributed by atoms with E-state index in [2.05, 4.69) is 0 Å². The molecule has 0 aliphatic heterocycles. The second-order valence-electron chi connectivity index (χ2n) is 5.24. The Labute approximate surface area is 163 Å². The van der Waals surface area contributed by atoms with E-state index in [0.29, 0.717) is 33.6 Å². The van der Waals surface area contributed by atoms with Crippen LogP contribution < -0.4 is 18.9 Å². The summed E-state index contributed by atoms with van der Waals surface area (Å²) in [4.78, 5) is 11.8. The van der Waals surface area contributed by atoms with Crippen LogP contribution in [0.3, 0.4) is 0 Å². The molecule has 0 bridgehead atoms. The number of para-hydroxylation sites is 1. The fourth-order valence-corrected chi connectivity index (χ4v) is 2.46. The monoisotopic (exact) mass is 392 g/mol. The van der Waals surface area contributed by atoms with Crippen LogP contribution >= 0.6 is 11.6 Å². The molecule has 7 heteroatoms. The molecule has 0 heterocycles. The molecule has 0 N–H and O–H groups in total. The van der Waals surface area contributed by atoms with Crippen molar-refractivity contribution in [3.8, 4) is 23.0 Å². The van der Waals surface area contributed by atoms with Crippen LogP contribution in [0.2, 0.25) is 5.02 Å². The lowest BCUT2D eigenvalue weighted by atomic mass is 10.1. The fourth-order valence-electron chi connectivity index (χ4n) is 2.27. The Kier molecular flexibility index (Phi) is 7.82. The Bertz CT molecular complexity index is 778. The van der Waals surface area contributed by atoms with E-state index in [9.17, 15) is 4.79 Å². The first kappa shape index (κ1) is 20.5. The third-order valence-corrected chi connectivity index (χ3v) is 3.83. The van der Waals surface area contributed by atoms with Crippen molar-refractivity contribution in [2.45, 2.75) is 0 Å².